The lowest BCUT2D eigenvalue weighted by atomic mass is 10.2. The highest BCUT2D eigenvalue weighted by atomic mass is 32.2. The van der Waals surface area contributed by atoms with E-state index in [1.807, 2.05) is 0 Å². The van der Waals surface area contributed by atoms with Gasteiger partial charge in [0.05, 0.1) is 5.94 Å². The summed E-state index contributed by atoms with van der Waals surface area (Å²) in [4.78, 5) is 10.1. The Morgan fingerprint density at radius 3 is 2.75 bits per heavy atom. The molecule has 0 radical (unpaired) electrons. The predicted molar refractivity (Wildman–Crippen MR) is 50.4 cm³/mol. The van der Waals surface area contributed by atoms with E-state index < -0.39 is 5.97 Å². The molecule has 0 aliphatic rings. The van der Waals surface area contributed by atoms with E-state index in [-0.39, 0.29) is 0 Å². The van der Waals surface area contributed by atoms with Crippen LogP contribution in [0, 0.1) is 0 Å². The van der Waals surface area contributed by atoms with Crippen molar-refractivity contribution in [2.45, 2.75) is 25.7 Å². The van der Waals surface area contributed by atoms with E-state index in [2.05, 4.69) is 0 Å². The van der Waals surface area contributed by atoms with Gasteiger partial charge in [-0.1, -0.05) is 6.42 Å². The molecule has 0 spiro atoms. The number of hydrogen-bond donors (Lipinski definition) is 1. The van der Waals surface area contributed by atoms with Crippen molar-refractivity contribution in [1.82, 2.24) is 0 Å². The lowest BCUT2D eigenvalue weighted by Crippen LogP contribution is -1.94. The van der Waals surface area contributed by atoms with Crippen molar-refractivity contribution in [3.8, 4) is 0 Å². The molecular weight excluding hydrogens is 176 g/mol. The number of methoxy groups -OCH3 is 1. The van der Waals surface area contributed by atoms with Gasteiger partial charge in [-0.25, -0.2) is 0 Å². The summed E-state index contributed by atoms with van der Waals surface area (Å²) in [6.07, 6.45) is 3.18. The zero-order chi connectivity index (χ0) is 9.23. The van der Waals surface area contributed by atoms with Gasteiger partial charge in [-0.05, 0) is 18.6 Å². The highest BCUT2D eigenvalue weighted by Gasteiger charge is 1.95. The summed E-state index contributed by atoms with van der Waals surface area (Å²) in [6, 6.07) is 0. The molecule has 0 unspecified atom stereocenters. The second-order valence-electron chi connectivity index (χ2n) is 2.52. The Hall–Kier alpha value is -0.220. The van der Waals surface area contributed by atoms with E-state index in [9.17, 15) is 4.79 Å². The molecule has 0 aromatic heterocycles. The van der Waals surface area contributed by atoms with Crippen LogP contribution in [-0.2, 0) is 9.53 Å². The Bertz CT molecular complexity index is 117. The Kier molecular flexibility index (Phi) is 8.71. The van der Waals surface area contributed by atoms with Crippen LogP contribution in [0.1, 0.15) is 25.7 Å². The molecule has 4 heteroatoms. The van der Waals surface area contributed by atoms with Crippen LogP contribution >= 0.6 is 11.8 Å². The van der Waals surface area contributed by atoms with Crippen molar-refractivity contribution in [1.29, 1.82) is 0 Å². The molecule has 0 fully saturated rings. The Morgan fingerprint density at radius 2 is 2.17 bits per heavy atom. The fourth-order valence-electron chi connectivity index (χ4n) is 0.799. The fraction of sp³-hybridized carbons (Fsp3) is 0.875. The third-order valence-corrected chi connectivity index (χ3v) is 2.36. The number of aliphatic carboxylic acids is 1. The van der Waals surface area contributed by atoms with Crippen LogP contribution in [0.4, 0.5) is 0 Å². The molecule has 72 valence electrons. The van der Waals surface area contributed by atoms with Crippen molar-refractivity contribution in [2.75, 3.05) is 18.8 Å². The van der Waals surface area contributed by atoms with E-state index in [4.69, 9.17) is 9.84 Å². The topological polar surface area (TPSA) is 46.5 Å². The van der Waals surface area contributed by atoms with Crippen molar-refractivity contribution in [2.24, 2.45) is 0 Å². The minimum atomic E-state index is -0.695. The molecule has 0 bridgehead atoms. The summed E-state index contributed by atoms with van der Waals surface area (Å²) in [5.41, 5.74) is 0. The first-order chi connectivity index (χ1) is 5.77. The molecule has 12 heavy (non-hydrogen) atoms. The summed E-state index contributed by atoms with van der Waals surface area (Å²) in [5.74, 6) is 1.10. The average Bonchev–Trinajstić information content (AvgIpc) is 2.02. The molecule has 0 aliphatic carbocycles. The first kappa shape index (κ1) is 11.8. The average molecular weight is 192 g/mol. The lowest BCUT2D eigenvalue weighted by molar-refractivity contribution is -0.137. The number of thioether (sulfide) groups is 1. The van der Waals surface area contributed by atoms with Crippen LogP contribution in [0.15, 0.2) is 0 Å². The number of carboxylic acid groups (broad SMARTS) is 1. The van der Waals surface area contributed by atoms with E-state index >= 15 is 0 Å². The summed E-state index contributed by atoms with van der Waals surface area (Å²) in [7, 11) is 1.68. The Balaban J connectivity index is 2.86. The Labute approximate surface area is 77.5 Å². The largest absolute Gasteiger partial charge is 0.481 e. The first-order valence-corrected chi connectivity index (χ1v) is 5.21. The quantitative estimate of drug-likeness (QED) is 0.472. The molecule has 1 N–H and O–H groups in total. The van der Waals surface area contributed by atoms with Crippen molar-refractivity contribution < 1.29 is 14.6 Å². The second kappa shape index (κ2) is 8.87. The van der Waals surface area contributed by atoms with Gasteiger partial charge < -0.3 is 9.84 Å². The van der Waals surface area contributed by atoms with Gasteiger partial charge in [0.2, 0.25) is 0 Å². The van der Waals surface area contributed by atoms with Gasteiger partial charge in [0.15, 0.2) is 0 Å². The molecule has 0 atom stereocenters. The fourth-order valence-corrected chi connectivity index (χ4v) is 1.49. The van der Waals surface area contributed by atoms with Gasteiger partial charge in [0.25, 0.3) is 0 Å². The third-order valence-electron chi connectivity index (χ3n) is 1.38. The van der Waals surface area contributed by atoms with Gasteiger partial charge in [0, 0.05) is 13.5 Å². The van der Waals surface area contributed by atoms with Crippen LogP contribution in [0.25, 0.3) is 0 Å². The number of ether oxygens (including phenoxy) is 1. The van der Waals surface area contributed by atoms with E-state index in [1.54, 1.807) is 18.9 Å². The third kappa shape index (κ3) is 9.78. The normalized spacial score (nSPS) is 10.1. The van der Waals surface area contributed by atoms with E-state index in [0.29, 0.717) is 6.42 Å². The number of carboxylic acids is 1. The highest BCUT2D eigenvalue weighted by Crippen LogP contribution is 2.07. The van der Waals surface area contributed by atoms with Crippen LogP contribution in [0.2, 0.25) is 0 Å². The van der Waals surface area contributed by atoms with Crippen molar-refractivity contribution in [3.63, 3.8) is 0 Å². The first-order valence-electron chi connectivity index (χ1n) is 4.06. The number of unbranched alkanes of at least 4 members (excludes halogenated alkanes) is 2. The van der Waals surface area contributed by atoms with Gasteiger partial charge >= 0.3 is 5.97 Å². The van der Waals surface area contributed by atoms with Gasteiger partial charge in [-0.2, -0.15) is 0 Å². The van der Waals surface area contributed by atoms with Crippen LogP contribution in [0.5, 0.6) is 0 Å². The minimum absolute atomic E-state index is 0.301. The standard InChI is InChI=1S/C8H16O3S/c1-11-7-12-6-4-2-3-5-8(9)10/h2-7H2,1H3,(H,9,10). The van der Waals surface area contributed by atoms with Crippen LogP contribution in [-0.4, -0.2) is 29.9 Å². The van der Waals surface area contributed by atoms with E-state index in [1.165, 1.54) is 0 Å². The molecular formula is C8H16O3S. The van der Waals surface area contributed by atoms with Crippen LogP contribution < -0.4 is 0 Å². The zero-order valence-corrected chi connectivity index (χ0v) is 8.23. The predicted octanol–water partition coefficient (Wildman–Crippen LogP) is 1.97. The summed E-state index contributed by atoms with van der Waals surface area (Å²) >= 11 is 1.74. The zero-order valence-electron chi connectivity index (χ0n) is 7.41. The van der Waals surface area contributed by atoms with Gasteiger partial charge in [0.1, 0.15) is 0 Å². The summed E-state index contributed by atoms with van der Waals surface area (Å²) in [6.45, 7) is 0. The van der Waals surface area contributed by atoms with Crippen molar-refractivity contribution >= 4 is 17.7 Å². The molecule has 0 saturated carbocycles. The molecule has 3 nitrogen and oxygen atoms in total. The summed E-state index contributed by atoms with van der Waals surface area (Å²) < 4.78 is 4.86. The SMILES string of the molecule is COCSCCCCCC(=O)O. The minimum Gasteiger partial charge on any atom is -0.481 e. The van der Waals surface area contributed by atoms with Gasteiger partial charge in [-0.15, -0.1) is 11.8 Å². The molecule has 0 saturated heterocycles. The monoisotopic (exact) mass is 192 g/mol. The number of carbonyl (C=O) groups is 1. The molecule has 0 heterocycles. The molecule has 0 rings (SSSR count). The number of rotatable bonds is 8. The summed E-state index contributed by atoms with van der Waals surface area (Å²) in [5, 5.41) is 8.33. The Morgan fingerprint density at radius 1 is 1.42 bits per heavy atom. The second-order valence-corrected chi connectivity index (χ2v) is 3.57. The molecule has 0 aromatic rings. The van der Waals surface area contributed by atoms with Gasteiger partial charge in [-0.3, -0.25) is 4.79 Å². The maximum Gasteiger partial charge on any atom is 0.303 e. The molecule has 0 amide bonds. The van der Waals surface area contributed by atoms with E-state index in [0.717, 1.165) is 31.0 Å². The maximum absolute atomic E-state index is 10.1. The molecule has 0 aromatic carbocycles. The smallest absolute Gasteiger partial charge is 0.303 e. The van der Waals surface area contributed by atoms with Crippen LogP contribution in [0.3, 0.4) is 0 Å². The van der Waals surface area contributed by atoms with Crippen molar-refractivity contribution in [3.05, 3.63) is 0 Å². The molecule has 0 aliphatic heterocycles. The highest BCUT2D eigenvalue weighted by molar-refractivity contribution is 7.99. The number of hydrogen-bond acceptors (Lipinski definition) is 3. The lowest BCUT2D eigenvalue weighted by Gasteiger charge is -1.99. The maximum atomic E-state index is 10.1.